The second-order valence-corrected chi connectivity index (χ2v) is 18.8. The maximum absolute atomic E-state index is 5.98. The van der Waals surface area contributed by atoms with Gasteiger partial charge < -0.3 is 14.4 Å². The summed E-state index contributed by atoms with van der Waals surface area (Å²) in [6, 6.07) is 29.2. The van der Waals surface area contributed by atoms with Gasteiger partial charge in [-0.15, -0.1) is 54.1 Å². The van der Waals surface area contributed by atoms with Crippen LogP contribution in [-0.2, 0) is 32.9 Å². The second kappa shape index (κ2) is 15.0. The maximum Gasteiger partial charge on any atom is 0.216 e. The minimum absolute atomic E-state index is 0. The van der Waals surface area contributed by atoms with E-state index in [2.05, 4.69) is 92.1 Å². The number of benzene rings is 2. The molecule has 0 spiro atoms. The Bertz CT molecular complexity index is 1890. The Kier molecular flexibility index (Phi) is 11.0. The first-order chi connectivity index (χ1) is 21.8. The van der Waals surface area contributed by atoms with Gasteiger partial charge in [-0.1, -0.05) is 93.4 Å². The van der Waals surface area contributed by atoms with Crippen molar-refractivity contribution in [3.05, 3.63) is 109 Å². The van der Waals surface area contributed by atoms with Crippen molar-refractivity contribution in [2.24, 2.45) is 11.8 Å². The van der Waals surface area contributed by atoms with Crippen LogP contribution in [0.3, 0.4) is 0 Å². The van der Waals surface area contributed by atoms with Crippen molar-refractivity contribution < 1.29 is 24.5 Å². The van der Waals surface area contributed by atoms with Gasteiger partial charge in [0.1, 0.15) is 0 Å². The molecule has 4 aromatic heterocycles. The van der Waals surface area contributed by atoms with Gasteiger partial charge in [0.2, 0.25) is 5.71 Å². The molecule has 1 aliphatic carbocycles. The summed E-state index contributed by atoms with van der Waals surface area (Å²) in [6.07, 6.45) is 13.7. The van der Waals surface area contributed by atoms with Gasteiger partial charge in [0.15, 0.2) is 0 Å². The number of rotatable bonds is 7. The SMILES string of the molecule is CC(C)Cc1ccnc(-c2[c-]ccc3c2oc2ncccc23)c1.C[Si](C)(C)c1cnc(-c2[c-]cccc2)cc1CC1CCCC1.[Ir]. The molecule has 0 bridgehead atoms. The van der Waals surface area contributed by atoms with Crippen LogP contribution in [0.4, 0.5) is 0 Å². The van der Waals surface area contributed by atoms with Crippen LogP contribution in [0.5, 0.6) is 0 Å². The first-order valence-corrected chi connectivity index (χ1v) is 19.9. The van der Waals surface area contributed by atoms with Gasteiger partial charge in [-0.05, 0) is 59.5 Å². The fourth-order valence-electron chi connectivity index (χ4n) is 6.54. The summed E-state index contributed by atoms with van der Waals surface area (Å²) < 4.78 is 5.98. The summed E-state index contributed by atoms with van der Waals surface area (Å²) in [6.45, 7) is 11.7. The van der Waals surface area contributed by atoms with Gasteiger partial charge >= 0.3 is 0 Å². The van der Waals surface area contributed by atoms with Crippen LogP contribution in [0.15, 0.2) is 89.7 Å². The number of pyridine rings is 3. The quantitative estimate of drug-likeness (QED) is 0.119. The number of furan rings is 1. The van der Waals surface area contributed by atoms with E-state index in [0.29, 0.717) is 11.6 Å². The van der Waals surface area contributed by atoms with Gasteiger partial charge in [0.05, 0.1) is 13.7 Å². The Morgan fingerprint density at radius 3 is 2.41 bits per heavy atom. The summed E-state index contributed by atoms with van der Waals surface area (Å²) in [5.74, 6) is 1.49. The fourth-order valence-corrected chi connectivity index (χ4v) is 8.13. The standard InChI is InChI=1S/C20H17N2O.C20H26NSi.Ir/c1-13(2)11-14-8-10-21-18(12-14)17-6-3-5-15-16-7-4-9-22-20(16)23-19(15)17;1-22(2,3)20-15-21-19(17-11-5-4-6-12-17)14-18(20)13-16-9-7-8-10-16;/h3-5,7-10,12-13H,11H2,1-2H3;4-6,11,14-16H,7-10,13H2,1-3H3;/q2*-1;. The molecule has 4 heterocycles. The molecule has 2 aromatic carbocycles. The fraction of sp³-hybridized carbons (Fsp3) is 0.325. The number of nitrogens with zero attached hydrogens (tertiary/aromatic N) is 3. The van der Waals surface area contributed by atoms with Crippen LogP contribution >= 0.6 is 0 Å². The van der Waals surface area contributed by atoms with Gasteiger partial charge in [-0.3, -0.25) is 0 Å². The number of hydrogen-bond acceptors (Lipinski definition) is 4. The molecule has 46 heavy (non-hydrogen) atoms. The molecule has 1 aliphatic rings. The van der Waals surface area contributed by atoms with Crippen LogP contribution in [0.2, 0.25) is 19.6 Å². The molecule has 0 saturated heterocycles. The molecule has 1 fully saturated rings. The summed E-state index contributed by atoms with van der Waals surface area (Å²) in [5.41, 5.74) is 8.27. The van der Waals surface area contributed by atoms with Crippen molar-refractivity contribution in [1.29, 1.82) is 0 Å². The zero-order chi connectivity index (χ0) is 31.4. The topological polar surface area (TPSA) is 51.8 Å². The van der Waals surface area contributed by atoms with E-state index in [4.69, 9.17) is 9.40 Å². The van der Waals surface area contributed by atoms with Gasteiger partial charge in [0.25, 0.3) is 0 Å². The monoisotopic (exact) mass is 802 g/mol. The average molecular weight is 802 g/mol. The molecule has 1 saturated carbocycles. The van der Waals surface area contributed by atoms with Crippen molar-refractivity contribution in [3.63, 3.8) is 0 Å². The normalized spacial score (nSPS) is 13.5. The van der Waals surface area contributed by atoms with Crippen LogP contribution in [0.1, 0.15) is 50.7 Å². The van der Waals surface area contributed by atoms with E-state index in [0.717, 1.165) is 51.2 Å². The van der Waals surface area contributed by atoms with E-state index in [1.807, 2.05) is 42.6 Å². The number of aromatic nitrogens is 3. The first-order valence-electron chi connectivity index (χ1n) is 16.4. The Labute approximate surface area is 288 Å². The van der Waals surface area contributed by atoms with Crippen molar-refractivity contribution in [3.8, 4) is 22.5 Å². The van der Waals surface area contributed by atoms with Gasteiger partial charge in [-0.2, -0.15) is 0 Å². The van der Waals surface area contributed by atoms with Crippen LogP contribution < -0.4 is 5.19 Å². The summed E-state index contributed by atoms with van der Waals surface area (Å²) in [7, 11) is -1.35. The Hall–Kier alpha value is -3.44. The summed E-state index contributed by atoms with van der Waals surface area (Å²) in [4.78, 5) is 13.6. The molecule has 0 atom stereocenters. The zero-order valence-electron chi connectivity index (χ0n) is 27.6. The number of hydrogen-bond donors (Lipinski definition) is 0. The van der Waals surface area contributed by atoms with Crippen LogP contribution in [-0.4, -0.2) is 23.0 Å². The molecular weight excluding hydrogens is 759 g/mol. The molecule has 0 amide bonds. The van der Waals surface area contributed by atoms with Crippen LogP contribution in [0.25, 0.3) is 44.6 Å². The van der Waals surface area contributed by atoms with Crippen molar-refractivity contribution in [2.45, 2.75) is 72.0 Å². The largest absolute Gasteiger partial charge is 0.486 e. The zero-order valence-corrected chi connectivity index (χ0v) is 31.0. The van der Waals surface area contributed by atoms with E-state index >= 15 is 0 Å². The Balaban J connectivity index is 0.000000178. The second-order valence-electron chi connectivity index (χ2n) is 13.8. The third-order valence-electron chi connectivity index (χ3n) is 8.70. The molecule has 6 aromatic rings. The first kappa shape index (κ1) is 33.9. The summed E-state index contributed by atoms with van der Waals surface area (Å²) >= 11 is 0. The van der Waals surface area contributed by atoms with Crippen molar-refractivity contribution >= 4 is 35.3 Å². The number of fused-ring (bicyclic) bond motifs is 3. The predicted molar refractivity (Wildman–Crippen MR) is 189 cm³/mol. The molecular formula is C40H43IrN3OSi-2. The van der Waals surface area contributed by atoms with Crippen molar-refractivity contribution in [2.75, 3.05) is 0 Å². The van der Waals surface area contributed by atoms with E-state index in [1.165, 1.54) is 37.7 Å². The van der Waals surface area contributed by atoms with E-state index < -0.39 is 8.07 Å². The molecule has 0 aliphatic heterocycles. The van der Waals surface area contributed by atoms with E-state index in [9.17, 15) is 0 Å². The van der Waals surface area contributed by atoms with E-state index in [1.54, 1.807) is 16.9 Å². The summed E-state index contributed by atoms with van der Waals surface area (Å²) in [5, 5.41) is 3.62. The molecule has 6 heteroatoms. The average Bonchev–Trinajstić information content (AvgIpc) is 3.69. The molecule has 0 unspecified atom stereocenters. The van der Waals surface area contributed by atoms with E-state index in [-0.39, 0.29) is 20.1 Å². The molecule has 0 N–H and O–H groups in total. The predicted octanol–water partition coefficient (Wildman–Crippen LogP) is 9.87. The smallest absolute Gasteiger partial charge is 0.216 e. The molecule has 4 nitrogen and oxygen atoms in total. The van der Waals surface area contributed by atoms with Gasteiger partial charge in [-0.25, -0.2) is 4.98 Å². The third kappa shape index (κ3) is 7.91. The Morgan fingerprint density at radius 1 is 0.848 bits per heavy atom. The third-order valence-corrected chi connectivity index (χ3v) is 10.8. The molecule has 1 radical (unpaired) electrons. The Morgan fingerprint density at radius 2 is 1.67 bits per heavy atom. The minimum atomic E-state index is -1.35. The van der Waals surface area contributed by atoms with Crippen molar-refractivity contribution in [1.82, 2.24) is 15.0 Å². The molecule has 7 rings (SSSR count). The molecule has 239 valence electrons. The van der Waals surface area contributed by atoms with Gasteiger partial charge in [0, 0.05) is 44.1 Å². The maximum atomic E-state index is 5.98. The van der Waals surface area contributed by atoms with Crippen LogP contribution in [0, 0.1) is 24.0 Å². The minimum Gasteiger partial charge on any atom is -0.486 e.